The van der Waals surface area contributed by atoms with Crippen LogP contribution in [0.15, 0.2) is 35.3 Å². The number of nitrogens with one attached hydrogen (secondary N) is 1. The van der Waals surface area contributed by atoms with Crippen LogP contribution in [0.1, 0.15) is 24.7 Å². The molecule has 0 saturated heterocycles. The van der Waals surface area contributed by atoms with Gasteiger partial charge >= 0.3 is 0 Å². The molecule has 1 aliphatic rings. The number of hydrogen-bond acceptors (Lipinski definition) is 5. The molecular formula is C14H13BrN6. The van der Waals surface area contributed by atoms with Crippen molar-refractivity contribution >= 4 is 32.7 Å². The number of aryl methyl sites for hydroxylation is 1. The van der Waals surface area contributed by atoms with E-state index in [0.29, 0.717) is 0 Å². The minimum atomic E-state index is 0.164. The van der Waals surface area contributed by atoms with Gasteiger partial charge in [-0.1, -0.05) is 0 Å². The summed E-state index contributed by atoms with van der Waals surface area (Å²) in [6.07, 6.45) is 7.34. The third-order valence-electron chi connectivity index (χ3n) is 3.69. The summed E-state index contributed by atoms with van der Waals surface area (Å²) in [5.74, 6) is 0.989. The largest absolute Gasteiger partial charge is 0.373 e. The zero-order chi connectivity index (χ0) is 14.2. The lowest BCUT2D eigenvalue weighted by Crippen LogP contribution is -2.22. The monoisotopic (exact) mass is 344 g/mol. The smallest absolute Gasteiger partial charge is 0.149 e. The molecule has 0 aromatic carbocycles. The van der Waals surface area contributed by atoms with Gasteiger partial charge in [0, 0.05) is 23.4 Å². The molecule has 7 heteroatoms. The first kappa shape index (κ1) is 12.7. The van der Waals surface area contributed by atoms with E-state index in [1.165, 1.54) is 0 Å². The Hall–Kier alpha value is -2.02. The van der Waals surface area contributed by atoms with Crippen LogP contribution in [-0.2, 0) is 6.54 Å². The first-order valence-corrected chi connectivity index (χ1v) is 7.65. The van der Waals surface area contributed by atoms with Crippen LogP contribution < -0.4 is 5.32 Å². The number of nitrogens with zero attached hydrogens (tertiary/aromatic N) is 5. The van der Waals surface area contributed by atoms with E-state index in [4.69, 9.17) is 0 Å². The van der Waals surface area contributed by atoms with E-state index < -0.39 is 0 Å². The SMILES string of the molecule is Brc1cnc2c(NC3CCCn4ncnc43)ccnc2c1. The molecule has 0 amide bonds. The standard InChI is InChI=1S/C14H13BrN6/c15-9-6-12-13(17-7-9)10(3-4-16-12)20-11-2-1-5-21-14(11)18-8-19-21/h3-4,6-8,11H,1-2,5H2,(H,16,20). The Balaban J connectivity index is 1.73. The Kier molecular flexibility index (Phi) is 3.07. The predicted octanol–water partition coefficient (Wildman–Crippen LogP) is 2.93. The van der Waals surface area contributed by atoms with Crippen LogP contribution in [0.25, 0.3) is 11.0 Å². The molecule has 21 heavy (non-hydrogen) atoms. The fraction of sp³-hybridized carbons (Fsp3) is 0.286. The Morgan fingerprint density at radius 2 is 2.24 bits per heavy atom. The highest BCUT2D eigenvalue weighted by Gasteiger charge is 2.22. The van der Waals surface area contributed by atoms with Crippen LogP contribution in [-0.4, -0.2) is 24.7 Å². The van der Waals surface area contributed by atoms with Gasteiger partial charge in [-0.05, 0) is 40.9 Å². The Morgan fingerprint density at radius 1 is 1.29 bits per heavy atom. The van der Waals surface area contributed by atoms with E-state index in [0.717, 1.165) is 46.4 Å². The van der Waals surface area contributed by atoms with Gasteiger partial charge in [-0.15, -0.1) is 0 Å². The van der Waals surface area contributed by atoms with Crippen molar-refractivity contribution in [2.24, 2.45) is 0 Å². The summed E-state index contributed by atoms with van der Waals surface area (Å²) >= 11 is 3.43. The second-order valence-corrected chi connectivity index (χ2v) is 5.98. The maximum atomic E-state index is 4.48. The normalized spacial score (nSPS) is 17.7. The summed E-state index contributed by atoms with van der Waals surface area (Å²) in [5, 5.41) is 7.80. The lowest BCUT2D eigenvalue weighted by molar-refractivity contribution is 0.438. The van der Waals surface area contributed by atoms with Gasteiger partial charge in [-0.2, -0.15) is 5.10 Å². The summed E-state index contributed by atoms with van der Waals surface area (Å²) in [6.45, 7) is 0.940. The van der Waals surface area contributed by atoms with Gasteiger partial charge < -0.3 is 5.32 Å². The molecule has 0 bridgehead atoms. The van der Waals surface area contributed by atoms with Crippen molar-refractivity contribution in [3.05, 3.63) is 41.2 Å². The molecule has 0 fully saturated rings. The van der Waals surface area contributed by atoms with Crippen molar-refractivity contribution in [3.63, 3.8) is 0 Å². The molecule has 0 saturated carbocycles. The van der Waals surface area contributed by atoms with Crippen molar-refractivity contribution in [1.82, 2.24) is 24.7 Å². The number of anilines is 1. The van der Waals surface area contributed by atoms with Crippen LogP contribution in [0, 0.1) is 0 Å². The summed E-state index contributed by atoms with van der Waals surface area (Å²) in [5.41, 5.74) is 2.72. The van der Waals surface area contributed by atoms with Crippen molar-refractivity contribution in [2.75, 3.05) is 5.32 Å². The highest BCUT2D eigenvalue weighted by molar-refractivity contribution is 9.10. The molecule has 3 aromatic rings. The number of fused-ring (bicyclic) bond motifs is 2. The summed E-state index contributed by atoms with van der Waals surface area (Å²) < 4.78 is 2.89. The van der Waals surface area contributed by atoms with Crippen molar-refractivity contribution in [1.29, 1.82) is 0 Å². The predicted molar refractivity (Wildman–Crippen MR) is 82.9 cm³/mol. The molecule has 106 valence electrons. The molecule has 1 unspecified atom stereocenters. The molecule has 1 N–H and O–H groups in total. The van der Waals surface area contributed by atoms with Gasteiger partial charge in [0.15, 0.2) is 0 Å². The summed E-state index contributed by atoms with van der Waals surface area (Å²) in [4.78, 5) is 13.2. The molecule has 0 radical (unpaired) electrons. The van der Waals surface area contributed by atoms with E-state index in [1.807, 2.05) is 16.8 Å². The van der Waals surface area contributed by atoms with E-state index in [2.05, 4.69) is 41.3 Å². The van der Waals surface area contributed by atoms with Gasteiger partial charge in [-0.3, -0.25) is 9.97 Å². The maximum absolute atomic E-state index is 4.48. The maximum Gasteiger partial charge on any atom is 0.149 e. The highest BCUT2D eigenvalue weighted by atomic mass is 79.9. The first-order valence-electron chi connectivity index (χ1n) is 6.86. The Morgan fingerprint density at radius 3 is 3.19 bits per heavy atom. The van der Waals surface area contributed by atoms with Gasteiger partial charge in [0.2, 0.25) is 0 Å². The van der Waals surface area contributed by atoms with E-state index in [1.54, 1.807) is 18.7 Å². The fourth-order valence-electron chi connectivity index (χ4n) is 2.74. The number of halogens is 1. The molecule has 1 atom stereocenters. The number of hydrogen-bond donors (Lipinski definition) is 1. The minimum absolute atomic E-state index is 0.164. The molecule has 4 heterocycles. The van der Waals surface area contributed by atoms with Gasteiger partial charge in [0.25, 0.3) is 0 Å². The van der Waals surface area contributed by atoms with Crippen molar-refractivity contribution in [3.8, 4) is 0 Å². The number of rotatable bonds is 2. The van der Waals surface area contributed by atoms with E-state index in [-0.39, 0.29) is 6.04 Å². The number of pyridine rings is 2. The molecule has 0 spiro atoms. The molecule has 3 aromatic heterocycles. The van der Waals surface area contributed by atoms with E-state index >= 15 is 0 Å². The third-order valence-corrected chi connectivity index (χ3v) is 4.13. The summed E-state index contributed by atoms with van der Waals surface area (Å²) in [6, 6.07) is 4.09. The van der Waals surface area contributed by atoms with Gasteiger partial charge in [0.05, 0.1) is 17.2 Å². The fourth-order valence-corrected chi connectivity index (χ4v) is 3.06. The van der Waals surface area contributed by atoms with Gasteiger partial charge in [0.1, 0.15) is 17.7 Å². The topological polar surface area (TPSA) is 68.5 Å². The highest BCUT2D eigenvalue weighted by Crippen LogP contribution is 2.29. The lowest BCUT2D eigenvalue weighted by atomic mass is 10.1. The quantitative estimate of drug-likeness (QED) is 0.773. The molecule has 1 aliphatic heterocycles. The van der Waals surface area contributed by atoms with Crippen molar-refractivity contribution < 1.29 is 0 Å². The molecular weight excluding hydrogens is 332 g/mol. The molecule has 0 aliphatic carbocycles. The van der Waals surface area contributed by atoms with Crippen LogP contribution >= 0.6 is 15.9 Å². The molecule has 4 rings (SSSR count). The van der Waals surface area contributed by atoms with Crippen LogP contribution in [0.3, 0.4) is 0 Å². The first-order chi connectivity index (χ1) is 10.3. The van der Waals surface area contributed by atoms with Crippen LogP contribution in [0.2, 0.25) is 0 Å². The average Bonchev–Trinajstić information content (AvgIpc) is 2.97. The zero-order valence-corrected chi connectivity index (χ0v) is 12.8. The van der Waals surface area contributed by atoms with E-state index in [9.17, 15) is 0 Å². The van der Waals surface area contributed by atoms with Gasteiger partial charge in [-0.25, -0.2) is 9.67 Å². The second-order valence-electron chi connectivity index (χ2n) is 5.06. The third kappa shape index (κ3) is 2.27. The lowest BCUT2D eigenvalue weighted by Gasteiger charge is -2.24. The Bertz CT molecular complexity index is 799. The molecule has 6 nitrogen and oxygen atoms in total. The minimum Gasteiger partial charge on any atom is -0.373 e. The number of aromatic nitrogens is 5. The zero-order valence-electron chi connectivity index (χ0n) is 11.2. The van der Waals surface area contributed by atoms with Crippen LogP contribution in [0.5, 0.6) is 0 Å². The summed E-state index contributed by atoms with van der Waals surface area (Å²) in [7, 11) is 0. The Labute approximate surface area is 129 Å². The van der Waals surface area contributed by atoms with Crippen LogP contribution in [0.4, 0.5) is 5.69 Å². The second kappa shape index (κ2) is 5.07. The average molecular weight is 345 g/mol. The van der Waals surface area contributed by atoms with Crippen molar-refractivity contribution in [2.45, 2.75) is 25.4 Å².